The van der Waals surface area contributed by atoms with Crippen molar-refractivity contribution in [3.05, 3.63) is 144 Å². The van der Waals surface area contributed by atoms with Crippen LogP contribution in [0, 0.1) is 0 Å². The number of aliphatic hydroxyl groups is 2. The molecule has 54 heavy (non-hydrogen) atoms. The van der Waals surface area contributed by atoms with Gasteiger partial charge >= 0.3 is 23.9 Å². The van der Waals surface area contributed by atoms with Crippen molar-refractivity contribution in [1.82, 2.24) is 0 Å². The summed E-state index contributed by atoms with van der Waals surface area (Å²) in [4.78, 5) is 54.3. The highest BCUT2D eigenvalue weighted by Crippen LogP contribution is 2.36. The third kappa shape index (κ3) is 8.19. The molecule has 280 valence electrons. The molecule has 10 atom stereocenters. The molecule has 3 fully saturated rings. The molecule has 14 heteroatoms. The minimum absolute atomic E-state index is 0.0630. The normalized spacial score (nSPS) is 28.7. The van der Waals surface area contributed by atoms with Crippen LogP contribution in [0.15, 0.2) is 121 Å². The topological polar surface area (TPSA) is 183 Å². The average molecular weight is 741 g/mol. The average Bonchev–Trinajstić information content (AvgIpc) is 3.67. The van der Waals surface area contributed by atoms with E-state index >= 15 is 0 Å². The zero-order valence-corrected chi connectivity index (χ0v) is 28.5. The van der Waals surface area contributed by atoms with Gasteiger partial charge in [-0.3, -0.25) is 0 Å². The molecule has 3 saturated heterocycles. The summed E-state index contributed by atoms with van der Waals surface area (Å²) >= 11 is 0. The zero-order valence-electron chi connectivity index (χ0n) is 28.5. The molecule has 4 aromatic carbocycles. The highest BCUT2D eigenvalue weighted by Gasteiger charge is 2.57. The van der Waals surface area contributed by atoms with Gasteiger partial charge in [0.2, 0.25) is 0 Å². The number of hydrogen-bond acceptors (Lipinski definition) is 14. The van der Waals surface area contributed by atoms with Crippen LogP contribution < -0.4 is 0 Å². The Morgan fingerprint density at radius 3 is 1.48 bits per heavy atom. The molecule has 0 saturated carbocycles. The Labute approximate surface area is 309 Å². The molecule has 3 aliphatic heterocycles. The van der Waals surface area contributed by atoms with Crippen LogP contribution in [0.5, 0.6) is 0 Å². The van der Waals surface area contributed by atoms with E-state index in [-0.39, 0.29) is 28.9 Å². The Kier molecular flexibility index (Phi) is 11.4. The van der Waals surface area contributed by atoms with Gasteiger partial charge in [-0.05, 0) is 48.5 Å². The number of hydrogen-bond donors (Lipinski definition) is 2. The number of esters is 4. The van der Waals surface area contributed by atoms with E-state index in [4.69, 9.17) is 37.9 Å². The number of rotatable bonds is 11. The van der Waals surface area contributed by atoms with E-state index in [1.165, 1.54) is 36.4 Å². The van der Waals surface area contributed by atoms with Crippen molar-refractivity contribution in [2.75, 3.05) is 13.2 Å². The van der Waals surface area contributed by atoms with E-state index in [0.717, 1.165) is 0 Å². The molecule has 2 bridgehead atoms. The first-order chi connectivity index (χ1) is 26.3. The highest BCUT2D eigenvalue weighted by molar-refractivity contribution is 5.91. The second-order valence-corrected chi connectivity index (χ2v) is 12.7. The molecule has 0 amide bonds. The number of carbonyl (C=O) groups excluding carboxylic acids is 4. The largest absolute Gasteiger partial charge is 0.459 e. The van der Waals surface area contributed by atoms with Crippen molar-refractivity contribution in [3.8, 4) is 0 Å². The molecular formula is C40H36O14. The van der Waals surface area contributed by atoms with Gasteiger partial charge in [0.05, 0.1) is 28.9 Å². The van der Waals surface area contributed by atoms with Crippen LogP contribution >= 0.6 is 0 Å². The molecule has 4 aromatic rings. The lowest BCUT2D eigenvalue weighted by atomic mass is 9.96. The number of carbonyl (C=O) groups is 4. The van der Waals surface area contributed by atoms with Gasteiger partial charge in [0.15, 0.2) is 30.9 Å². The number of ether oxygens (including phenoxy) is 8. The summed E-state index contributed by atoms with van der Waals surface area (Å²) in [5, 5.41) is 21.8. The molecule has 2 N–H and O–H groups in total. The Bertz CT molecular complexity index is 1890. The maximum atomic E-state index is 13.8. The molecule has 0 spiro atoms. The second kappa shape index (κ2) is 16.7. The van der Waals surface area contributed by atoms with Crippen molar-refractivity contribution < 1.29 is 67.3 Å². The Morgan fingerprint density at radius 1 is 0.537 bits per heavy atom. The second-order valence-electron chi connectivity index (χ2n) is 12.7. The third-order valence-corrected chi connectivity index (χ3v) is 9.09. The molecule has 0 radical (unpaired) electrons. The summed E-state index contributed by atoms with van der Waals surface area (Å²) in [5.41, 5.74) is 0.579. The van der Waals surface area contributed by atoms with Gasteiger partial charge in [-0.25, -0.2) is 19.2 Å². The summed E-state index contributed by atoms with van der Waals surface area (Å²) in [5.74, 6) is -3.37. The molecule has 3 heterocycles. The fourth-order valence-corrected chi connectivity index (χ4v) is 6.33. The van der Waals surface area contributed by atoms with Crippen LogP contribution in [-0.2, 0) is 37.9 Å². The van der Waals surface area contributed by atoms with Crippen LogP contribution in [0.3, 0.4) is 0 Å². The smallest absolute Gasteiger partial charge is 0.338 e. The fraction of sp³-hybridized carbons (Fsp3) is 0.300. The lowest BCUT2D eigenvalue weighted by Gasteiger charge is -2.46. The number of benzene rings is 4. The molecule has 0 unspecified atom stereocenters. The monoisotopic (exact) mass is 740 g/mol. The first-order valence-corrected chi connectivity index (χ1v) is 17.2. The Hall–Kier alpha value is -5.48. The van der Waals surface area contributed by atoms with Gasteiger partial charge in [0, 0.05) is 0 Å². The SMILES string of the molecule is O=C(OC[C@H]1O[C@@H](O[C@@H]2[C@H](O)[C@@H](O)[C@@H]3OC[C@H]2O3)[C@H](OC(=O)c2ccccc2)[C@@H](OC(=O)c2ccccc2)[C@@H]1OC(=O)c1ccccc1)c1ccccc1. The Morgan fingerprint density at radius 2 is 0.981 bits per heavy atom. The maximum absolute atomic E-state index is 13.8. The molecular weight excluding hydrogens is 704 g/mol. The molecule has 3 aliphatic rings. The number of fused-ring (bicyclic) bond motifs is 2. The van der Waals surface area contributed by atoms with Gasteiger partial charge in [-0.15, -0.1) is 0 Å². The summed E-state index contributed by atoms with van der Waals surface area (Å²) in [6.45, 7) is -0.632. The van der Waals surface area contributed by atoms with E-state index in [2.05, 4.69) is 0 Å². The van der Waals surface area contributed by atoms with E-state index in [1.54, 1.807) is 84.9 Å². The summed E-state index contributed by atoms with van der Waals surface area (Å²) in [6.07, 6.45) is -14.5. The van der Waals surface area contributed by atoms with E-state index in [9.17, 15) is 29.4 Å². The van der Waals surface area contributed by atoms with Crippen LogP contribution in [0.1, 0.15) is 41.4 Å². The molecule has 7 rings (SSSR count). The molecule has 0 aromatic heterocycles. The van der Waals surface area contributed by atoms with Crippen LogP contribution in [0.4, 0.5) is 0 Å². The minimum Gasteiger partial charge on any atom is -0.459 e. The minimum atomic E-state index is -1.70. The quantitative estimate of drug-likeness (QED) is 0.169. The Balaban J connectivity index is 1.29. The lowest BCUT2D eigenvalue weighted by Crippen LogP contribution is -2.65. The lowest BCUT2D eigenvalue weighted by molar-refractivity contribution is -0.335. The predicted octanol–water partition coefficient (Wildman–Crippen LogP) is 3.11. The number of aliphatic hydroxyl groups excluding tert-OH is 2. The van der Waals surface area contributed by atoms with Crippen molar-refractivity contribution in [2.45, 2.75) is 61.4 Å². The van der Waals surface area contributed by atoms with Crippen molar-refractivity contribution in [1.29, 1.82) is 0 Å². The van der Waals surface area contributed by atoms with Crippen LogP contribution in [-0.4, -0.2) is 109 Å². The molecule has 0 aliphatic carbocycles. The zero-order chi connectivity index (χ0) is 37.6. The first kappa shape index (κ1) is 36.9. The third-order valence-electron chi connectivity index (χ3n) is 9.09. The van der Waals surface area contributed by atoms with E-state index in [0.29, 0.717) is 0 Å². The van der Waals surface area contributed by atoms with Gasteiger partial charge in [-0.2, -0.15) is 0 Å². The standard InChI is InChI=1S/C40H36O14/c41-29-30(42)39-48-22-27(49-39)31(29)54-40-34(53-38(46)26-19-11-4-12-20-26)33(52-37(45)25-17-9-3-10-18-25)32(51-36(44)24-15-7-2-8-16-24)28(50-40)21-47-35(43)23-13-5-1-6-14-23/h1-20,27-34,39-42H,21-22H2/t27-,28-,29-,30-,31+,32-,33+,34-,39-,40+/m1/s1. The van der Waals surface area contributed by atoms with Gasteiger partial charge < -0.3 is 48.1 Å². The van der Waals surface area contributed by atoms with Crippen molar-refractivity contribution in [2.24, 2.45) is 0 Å². The van der Waals surface area contributed by atoms with Crippen molar-refractivity contribution in [3.63, 3.8) is 0 Å². The van der Waals surface area contributed by atoms with Crippen LogP contribution in [0.2, 0.25) is 0 Å². The van der Waals surface area contributed by atoms with Gasteiger partial charge in [0.25, 0.3) is 0 Å². The summed E-state index contributed by atoms with van der Waals surface area (Å²) < 4.78 is 47.5. The summed E-state index contributed by atoms with van der Waals surface area (Å²) in [7, 11) is 0. The van der Waals surface area contributed by atoms with Crippen molar-refractivity contribution >= 4 is 23.9 Å². The van der Waals surface area contributed by atoms with E-state index in [1.807, 2.05) is 0 Å². The highest BCUT2D eigenvalue weighted by atomic mass is 16.8. The van der Waals surface area contributed by atoms with Gasteiger partial charge in [0.1, 0.15) is 37.1 Å². The first-order valence-electron chi connectivity index (χ1n) is 17.2. The van der Waals surface area contributed by atoms with Gasteiger partial charge in [-0.1, -0.05) is 72.8 Å². The fourth-order valence-electron chi connectivity index (χ4n) is 6.33. The maximum Gasteiger partial charge on any atom is 0.338 e. The molecule has 14 nitrogen and oxygen atoms in total. The van der Waals surface area contributed by atoms with E-state index < -0.39 is 91.9 Å². The van der Waals surface area contributed by atoms with Crippen LogP contribution in [0.25, 0.3) is 0 Å². The predicted molar refractivity (Wildman–Crippen MR) is 184 cm³/mol. The summed E-state index contributed by atoms with van der Waals surface area (Å²) in [6, 6.07) is 31.9.